The Morgan fingerprint density at radius 2 is 1.80 bits per heavy atom. The SMILES string of the molecule is CN(C)c1ccc2c(c1)N(C)C(N=Nc1ccc(N3CCCC3NC=O)cc1)N2C. The average molecular weight is 408 g/mol. The summed E-state index contributed by atoms with van der Waals surface area (Å²) in [6, 6.07) is 14.5. The smallest absolute Gasteiger partial charge is 0.218 e. The summed E-state index contributed by atoms with van der Waals surface area (Å²) in [6.07, 6.45) is 2.71. The van der Waals surface area contributed by atoms with Crippen LogP contribution in [0.4, 0.5) is 28.4 Å². The number of anilines is 4. The molecule has 0 radical (unpaired) electrons. The predicted molar refractivity (Wildman–Crippen MR) is 122 cm³/mol. The fourth-order valence-electron chi connectivity index (χ4n) is 4.19. The standard InChI is InChI=1S/C22H29N7O/c1-26(2)18-11-12-19-20(14-18)28(4)22(27(19)3)25-24-16-7-9-17(10-8-16)29-13-5-6-21(29)23-15-30/h7-12,14-15,21-22H,5-6,13H2,1-4H3,(H,23,30). The first kappa shape index (κ1) is 20.0. The van der Waals surface area contributed by atoms with E-state index >= 15 is 0 Å². The molecule has 30 heavy (non-hydrogen) atoms. The Labute approximate surface area is 177 Å². The molecule has 8 heteroatoms. The predicted octanol–water partition coefficient (Wildman–Crippen LogP) is 3.38. The third-order valence-electron chi connectivity index (χ3n) is 5.90. The lowest BCUT2D eigenvalue weighted by Gasteiger charge is -2.26. The lowest BCUT2D eigenvalue weighted by atomic mass is 10.2. The first-order valence-corrected chi connectivity index (χ1v) is 10.2. The highest BCUT2D eigenvalue weighted by Gasteiger charge is 2.31. The molecule has 1 N–H and O–H groups in total. The summed E-state index contributed by atoms with van der Waals surface area (Å²) in [5.41, 5.74) is 5.34. The van der Waals surface area contributed by atoms with Gasteiger partial charge in [-0.3, -0.25) is 4.79 Å². The number of hydrogen-bond acceptors (Lipinski definition) is 7. The Kier molecular flexibility index (Phi) is 5.48. The number of fused-ring (bicyclic) bond motifs is 1. The topological polar surface area (TPSA) is 66.8 Å². The van der Waals surface area contributed by atoms with Crippen LogP contribution in [0.15, 0.2) is 52.7 Å². The van der Waals surface area contributed by atoms with Crippen LogP contribution in [0.3, 0.4) is 0 Å². The zero-order chi connectivity index (χ0) is 21.3. The maximum atomic E-state index is 10.8. The van der Waals surface area contributed by atoms with E-state index in [1.165, 1.54) is 0 Å². The van der Waals surface area contributed by atoms with Crippen LogP contribution in [0.25, 0.3) is 0 Å². The van der Waals surface area contributed by atoms with Crippen LogP contribution in [-0.4, -0.2) is 53.6 Å². The van der Waals surface area contributed by atoms with Crippen molar-refractivity contribution in [3.05, 3.63) is 42.5 Å². The molecule has 0 spiro atoms. The number of carbonyl (C=O) groups is 1. The maximum absolute atomic E-state index is 10.8. The van der Waals surface area contributed by atoms with Gasteiger partial charge in [-0.1, -0.05) is 0 Å². The number of benzene rings is 2. The summed E-state index contributed by atoms with van der Waals surface area (Å²) in [6.45, 7) is 0.942. The van der Waals surface area contributed by atoms with Gasteiger partial charge in [-0.25, -0.2) is 0 Å². The minimum absolute atomic E-state index is 0.0707. The van der Waals surface area contributed by atoms with Gasteiger partial charge < -0.3 is 24.9 Å². The monoisotopic (exact) mass is 407 g/mol. The Morgan fingerprint density at radius 3 is 2.50 bits per heavy atom. The molecule has 4 rings (SSSR count). The van der Waals surface area contributed by atoms with Crippen molar-refractivity contribution in [3.63, 3.8) is 0 Å². The second-order valence-electron chi connectivity index (χ2n) is 8.00. The van der Waals surface area contributed by atoms with E-state index in [9.17, 15) is 4.79 Å². The van der Waals surface area contributed by atoms with Crippen LogP contribution in [0.1, 0.15) is 12.8 Å². The Bertz CT molecular complexity index is 928. The highest BCUT2D eigenvalue weighted by molar-refractivity contribution is 5.80. The average Bonchev–Trinajstić information content (AvgIpc) is 3.30. The fraction of sp³-hybridized carbons (Fsp3) is 0.409. The molecule has 2 aliphatic heterocycles. The third-order valence-corrected chi connectivity index (χ3v) is 5.90. The molecule has 0 aromatic heterocycles. The van der Waals surface area contributed by atoms with Crippen molar-refractivity contribution in [2.75, 3.05) is 54.3 Å². The highest BCUT2D eigenvalue weighted by atomic mass is 16.1. The molecule has 2 aliphatic rings. The van der Waals surface area contributed by atoms with Crippen molar-refractivity contribution in [3.8, 4) is 0 Å². The summed E-state index contributed by atoms with van der Waals surface area (Å²) < 4.78 is 0. The van der Waals surface area contributed by atoms with Crippen LogP contribution in [0.5, 0.6) is 0 Å². The first-order chi connectivity index (χ1) is 14.5. The molecule has 2 heterocycles. The van der Waals surface area contributed by atoms with Crippen LogP contribution in [0.2, 0.25) is 0 Å². The zero-order valence-corrected chi connectivity index (χ0v) is 18.0. The van der Waals surface area contributed by atoms with E-state index in [4.69, 9.17) is 0 Å². The molecular weight excluding hydrogens is 378 g/mol. The van der Waals surface area contributed by atoms with Crippen molar-refractivity contribution in [2.45, 2.75) is 25.3 Å². The molecule has 1 amide bonds. The second-order valence-corrected chi connectivity index (χ2v) is 8.00. The molecule has 1 saturated heterocycles. The van der Waals surface area contributed by atoms with E-state index in [0.717, 1.165) is 54.2 Å². The summed E-state index contributed by atoms with van der Waals surface area (Å²) in [4.78, 5) is 19.4. The van der Waals surface area contributed by atoms with E-state index in [0.29, 0.717) is 0 Å². The number of amides is 1. The Balaban J connectivity index is 1.48. The third kappa shape index (κ3) is 3.65. The molecule has 2 atom stereocenters. The summed E-state index contributed by atoms with van der Waals surface area (Å²) in [7, 11) is 8.17. The van der Waals surface area contributed by atoms with Gasteiger partial charge in [-0.15, -0.1) is 5.11 Å². The van der Waals surface area contributed by atoms with Gasteiger partial charge in [0.1, 0.15) is 6.17 Å². The normalized spacial score (nSPS) is 20.7. The zero-order valence-electron chi connectivity index (χ0n) is 18.0. The van der Waals surface area contributed by atoms with E-state index in [-0.39, 0.29) is 12.5 Å². The van der Waals surface area contributed by atoms with E-state index in [2.05, 4.69) is 53.3 Å². The van der Waals surface area contributed by atoms with Gasteiger partial charge in [0.15, 0.2) is 0 Å². The molecule has 0 aliphatic carbocycles. The number of azo groups is 1. The van der Waals surface area contributed by atoms with E-state index < -0.39 is 0 Å². The number of nitrogens with zero attached hydrogens (tertiary/aromatic N) is 6. The molecule has 158 valence electrons. The summed E-state index contributed by atoms with van der Waals surface area (Å²) >= 11 is 0. The van der Waals surface area contributed by atoms with Crippen LogP contribution in [0, 0.1) is 0 Å². The van der Waals surface area contributed by atoms with Crippen LogP contribution >= 0.6 is 0 Å². The van der Waals surface area contributed by atoms with Crippen LogP contribution in [-0.2, 0) is 4.79 Å². The molecule has 0 saturated carbocycles. The lowest BCUT2D eigenvalue weighted by Crippen LogP contribution is -2.40. The number of nitrogens with one attached hydrogen (secondary N) is 1. The number of carbonyl (C=O) groups excluding carboxylic acids is 1. The summed E-state index contributed by atoms with van der Waals surface area (Å²) in [5, 5.41) is 12.0. The van der Waals surface area contributed by atoms with Gasteiger partial charge in [0.05, 0.1) is 17.1 Å². The number of rotatable bonds is 6. The van der Waals surface area contributed by atoms with Crippen molar-refractivity contribution < 1.29 is 4.79 Å². The van der Waals surface area contributed by atoms with E-state index in [1.807, 2.05) is 52.5 Å². The lowest BCUT2D eigenvalue weighted by molar-refractivity contribution is -0.110. The van der Waals surface area contributed by atoms with Gasteiger partial charge >= 0.3 is 0 Å². The molecule has 1 fully saturated rings. The van der Waals surface area contributed by atoms with Crippen molar-refractivity contribution in [1.29, 1.82) is 0 Å². The molecule has 0 bridgehead atoms. The first-order valence-electron chi connectivity index (χ1n) is 10.2. The van der Waals surface area contributed by atoms with Gasteiger partial charge in [-0.05, 0) is 55.3 Å². The summed E-state index contributed by atoms with van der Waals surface area (Å²) in [5.74, 6) is 0. The van der Waals surface area contributed by atoms with Crippen LogP contribution < -0.4 is 24.9 Å². The minimum Gasteiger partial charge on any atom is -0.378 e. The Morgan fingerprint density at radius 1 is 1.07 bits per heavy atom. The van der Waals surface area contributed by atoms with Gasteiger partial charge in [0, 0.05) is 46.1 Å². The maximum Gasteiger partial charge on any atom is 0.218 e. The van der Waals surface area contributed by atoms with Gasteiger partial charge in [0.2, 0.25) is 12.7 Å². The molecular formula is C22H29N7O. The molecule has 2 unspecified atom stereocenters. The fourth-order valence-corrected chi connectivity index (χ4v) is 4.19. The van der Waals surface area contributed by atoms with Crippen molar-refractivity contribution >= 4 is 34.8 Å². The second kappa shape index (κ2) is 8.22. The molecule has 8 nitrogen and oxygen atoms in total. The minimum atomic E-state index is -0.183. The molecule has 2 aromatic rings. The van der Waals surface area contributed by atoms with Gasteiger partial charge in [0.25, 0.3) is 0 Å². The van der Waals surface area contributed by atoms with E-state index in [1.54, 1.807) is 0 Å². The quantitative estimate of drug-likeness (QED) is 0.587. The van der Waals surface area contributed by atoms with Crippen molar-refractivity contribution in [2.24, 2.45) is 10.2 Å². The van der Waals surface area contributed by atoms with Gasteiger partial charge in [-0.2, -0.15) is 5.11 Å². The number of hydrogen-bond donors (Lipinski definition) is 1. The highest BCUT2D eigenvalue weighted by Crippen LogP contribution is 2.40. The molecule has 2 aromatic carbocycles. The largest absolute Gasteiger partial charge is 0.378 e. The Hall–Kier alpha value is -3.29. The van der Waals surface area contributed by atoms with Crippen molar-refractivity contribution in [1.82, 2.24) is 5.32 Å².